The fraction of sp³-hybridized carbons (Fsp3) is 0.385. The molecule has 0 aromatic carbocycles. The standard InChI is InChI=1S/C13H19N5O2S/c1-3-7-14-8-11-9-15-17-13(11)21(19,20)18-12-6-4-5-10(2)16-12/h4-6,9,14H,3,7-8H2,1-2H3,(H,15,17)(H,16,18). The van der Waals surface area contributed by atoms with Crippen LogP contribution < -0.4 is 10.0 Å². The molecule has 0 aliphatic heterocycles. The molecule has 8 heteroatoms. The summed E-state index contributed by atoms with van der Waals surface area (Å²) in [6, 6.07) is 5.15. The summed E-state index contributed by atoms with van der Waals surface area (Å²) in [6.07, 6.45) is 2.49. The molecule has 0 unspecified atom stereocenters. The van der Waals surface area contributed by atoms with Crippen molar-refractivity contribution < 1.29 is 8.42 Å². The third-order valence-corrected chi connectivity index (χ3v) is 4.19. The Labute approximate surface area is 124 Å². The summed E-state index contributed by atoms with van der Waals surface area (Å²) in [4.78, 5) is 4.13. The highest BCUT2D eigenvalue weighted by Crippen LogP contribution is 2.16. The molecule has 114 valence electrons. The molecule has 0 atom stereocenters. The number of rotatable bonds is 7. The molecule has 0 fully saturated rings. The number of hydrogen-bond donors (Lipinski definition) is 3. The first kappa shape index (κ1) is 15.5. The summed E-state index contributed by atoms with van der Waals surface area (Å²) in [5, 5.41) is 9.58. The van der Waals surface area contributed by atoms with E-state index in [0.29, 0.717) is 12.1 Å². The van der Waals surface area contributed by atoms with E-state index in [-0.39, 0.29) is 10.8 Å². The number of nitrogens with zero attached hydrogens (tertiary/aromatic N) is 2. The van der Waals surface area contributed by atoms with E-state index in [9.17, 15) is 8.42 Å². The van der Waals surface area contributed by atoms with E-state index in [1.807, 2.05) is 6.92 Å². The third kappa shape index (κ3) is 4.02. The summed E-state index contributed by atoms with van der Waals surface area (Å²) in [7, 11) is -3.73. The Hall–Kier alpha value is -1.93. The molecule has 0 spiro atoms. The Morgan fingerprint density at radius 1 is 1.33 bits per heavy atom. The van der Waals surface area contributed by atoms with Gasteiger partial charge >= 0.3 is 0 Å². The molecule has 7 nitrogen and oxygen atoms in total. The van der Waals surface area contributed by atoms with Crippen LogP contribution in [0.4, 0.5) is 5.82 Å². The Balaban J connectivity index is 2.18. The second-order valence-corrected chi connectivity index (χ2v) is 6.29. The van der Waals surface area contributed by atoms with E-state index in [4.69, 9.17) is 0 Å². The largest absolute Gasteiger partial charge is 0.313 e. The van der Waals surface area contributed by atoms with E-state index in [1.54, 1.807) is 25.1 Å². The van der Waals surface area contributed by atoms with Gasteiger partial charge in [0.2, 0.25) is 0 Å². The summed E-state index contributed by atoms with van der Waals surface area (Å²) in [5.41, 5.74) is 1.34. The second kappa shape index (κ2) is 6.68. The van der Waals surface area contributed by atoms with Crippen LogP contribution in [0.25, 0.3) is 0 Å². The Morgan fingerprint density at radius 2 is 2.14 bits per heavy atom. The lowest BCUT2D eigenvalue weighted by molar-refractivity contribution is 0.593. The van der Waals surface area contributed by atoms with Crippen molar-refractivity contribution in [3.63, 3.8) is 0 Å². The highest BCUT2D eigenvalue weighted by molar-refractivity contribution is 7.92. The molecule has 0 saturated heterocycles. The summed E-state index contributed by atoms with van der Waals surface area (Å²) in [6.45, 7) is 5.11. The monoisotopic (exact) mass is 309 g/mol. The van der Waals surface area contributed by atoms with Crippen molar-refractivity contribution in [2.75, 3.05) is 11.3 Å². The number of aromatic amines is 1. The number of aromatic nitrogens is 3. The van der Waals surface area contributed by atoms with Crippen LogP contribution in [0.15, 0.2) is 29.4 Å². The normalized spacial score (nSPS) is 11.5. The number of H-pyrrole nitrogens is 1. The van der Waals surface area contributed by atoms with Crippen molar-refractivity contribution >= 4 is 15.8 Å². The van der Waals surface area contributed by atoms with Crippen molar-refractivity contribution in [3.05, 3.63) is 35.7 Å². The summed E-state index contributed by atoms with van der Waals surface area (Å²) in [5.74, 6) is 0.289. The maximum absolute atomic E-state index is 12.4. The van der Waals surface area contributed by atoms with E-state index in [2.05, 4.69) is 25.2 Å². The molecule has 0 aliphatic rings. The predicted molar refractivity (Wildman–Crippen MR) is 80.4 cm³/mol. The zero-order valence-electron chi connectivity index (χ0n) is 12.0. The maximum atomic E-state index is 12.4. The molecular formula is C13H19N5O2S. The Bertz CT molecular complexity index is 696. The Morgan fingerprint density at radius 3 is 2.86 bits per heavy atom. The van der Waals surface area contributed by atoms with Gasteiger partial charge in [0, 0.05) is 17.8 Å². The molecule has 2 rings (SSSR count). The smallest absolute Gasteiger partial charge is 0.280 e. The summed E-state index contributed by atoms with van der Waals surface area (Å²) < 4.78 is 27.2. The number of aryl methyl sites for hydroxylation is 1. The topological polar surface area (TPSA) is 99.8 Å². The van der Waals surface area contributed by atoms with Gasteiger partial charge in [-0.25, -0.2) is 4.98 Å². The molecule has 2 aromatic rings. The van der Waals surface area contributed by atoms with Crippen molar-refractivity contribution in [2.45, 2.75) is 31.8 Å². The third-order valence-electron chi connectivity index (χ3n) is 2.82. The van der Waals surface area contributed by atoms with E-state index < -0.39 is 10.0 Å². The van der Waals surface area contributed by atoms with Gasteiger partial charge in [0.05, 0.1) is 6.20 Å². The van der Waals surface area contributed by atoms with Crippen molar-refractivity contribution in [3.8, 4) is 0 Å². The van der Waals surface area contributed by atoms with Gasteiger partial charge in [-0.2, -0.15) is 13.5 Å². The number of anilines is 1. The van der Waals surface area contributed by atoms with Crippen LogP contribution in [0.5, 0.6) is 0 Å². The molecule has 2 aromatic heterocycles. The highest BCUT2D eigenvalue weighted by atomic mass is 32.2. The van der Waals surface area contributed by atoms with Crippen LogP contribution in [-0.2, 0) is 16.6 Å². The predicted octanol–water partition coefficient (Wildman–Crippen LogP) is 1.41. The van der Waals surface area contributed by atoms with Crippen molar-refractivity contribution in [1.82, 2.24) is 20.5 Å². The molecular weight excluding hydrogens is 290 g/mol. The van der Waals surface area contributed by atoms with Gasteiger partial charge in [-0.3, -0.25) is 9.82 Å². The molecule has 0 amide bonds. The minimum Gasteiger partial charge on any atom is -0.313 e. The average molecular weight is 309 g/mol. The van der Waals surface area contributed by atoms with Crippen molar-refractivity contribution in [1.29, 1.82) is 0 Å². The number of hydrogen-bond acceptors (Lipinski definition) is 5. The molecule has 0 radical (unpaired) electrons. The number of nitrogens with one attached hydrogen (secondary N) is 3. The minimum absolute atomic E-state index is 0.0643. The van der Waals surface area contributed by atoms with Gasteiger partial charge < -0.3 is 5.32 Å². The van der Waals surface area contributed by atoms with Crippen LogP contribution in [0.3, 0.4) is 0 Å². The molecule has 0 aliphatic carbocycles. The van der Waals surface area contributed by atoms with Gasteiger partial charge in [0.1, 0.15) is 5.82 Å². The Kier molecular flexibility index (Phi) is 4.92. The van der Waals surface area contributed by atoms with Crippen LogP contribution >= 0.6 is 0 Å². The first-order valence-corrected chi connectivity index (χ1v) is 8.20. The van der Waals surface area contributed by atoms with Gasteiger partial charge in [-0.15, -0.1) is 0 Å². The van der Waals surface area contributed by atoms with Gasteiger partial charge in [0.15, 0.2) is 5.03 Å². The van der Waals surface area contributed by atoms with Gasteiger partial charge in [-0.05, 0) is 32.0 Å². The number of sulfonamides is 1. The SMILES string of the molecule is CCCNCc1cn[nH]c1S(=O)(=O)Nc1cccc(C)n1. The van der Waals surface area contributed by atoms with E-state index >= 15 is 0 Å². The zero-order valence-corrected chi connectivity index (χ0v) is 12.9. The van der Waals surface area contributed by atoms with Crippen LogP contribution in [0.1, 0.15) is 24.6 Å². The van der Waals surface area contributed by atoms with Crippen LogP contribution in [-0.4, -0.2) is 30.1 Å². The van der Waals surface area contributed by atoms with Gasteiger partial charge in [-0.1, -0.05) is 13.0 Å². The molecule has 3 N–H and O–H groups in total. The lowest BCUT2D eigenvalue weighted by Crippen LogP contribution is -2.19. The first-order valence-electron chi connectivity index (χ1n) is 6.72. The van der Waals surface area contributed by atoms with Crippen LogP contribution in [0.2, 0.25) is 0 Å². The zero-order chi connectivity index (χ0) is 15.3. The quantitative estimate of drug-likeness (QED) is 0.672. The highest BCUT2D eigenvalue weighted by Gasteiger charge is 2.21. The molecule has 21 heavy (non-hydrogen) atoms. The lowest BCUT2D eigenvalue weighted by Gasteiger charge is -2.08. The van der Waals surface area contributed by atoms with Crippen molar-refractivity contribution in [2.24, 2.45) is 0 Å². The molecule has 2 heterocycles. The average Bonchev–Trinajstić information content (AvgIpc) is 2.88. The lowest BCUT2D eigenvalue weighted by atomic mass is 10.3. The number of pyridine rings is 1. The second-order valence-electron chi connectivity index (χ2n) is 4.67. The first-order chi connectivity index (χ1) is 10.0. The van der Waals surface area contributed by atoms with E-state index in [1.165, 1.54) is 6.20 Å². The molecule has 0 saturated carbocycles. The fourth-order valence-electron chi connectivity index (χ4n) is 1.85. The van der Waals surface area contributed by atoms with Crippen LogP contribution in [0, 0.1) is 6.92 Å². The minimum atomic E-state index is -3.73. The molecule has 0 bridgehead atoms. The maximum Gasteiger partial charge on any atom is 0.280 e. The van der Waals surface area contributed by atoms with E-state index in [0.717, 1.165) is 18.7 Å². The summed E-state index contributed by atoms with van der Waals surface area (Å²) >= 11 is 0. The fourth-order valence-corrected chi connectivity index (χ4v) is 2.98. The van der Waals surface area contributed by atoms with Gasteiger partial charge in [0.25, 0.3) is 10.0 Å².